The normalized spacial score (nSPS) is 14.6. The molecule has 0 saturated carbocycles. The van der Waals surface area contributed by atoms with Crippen LogP contribution in [0.5, 0.6) is 11.5 Å². The number of alkyl halides is 3. The Morgan fingerprint density at radius 1 is 0.824 bits per heavy atom. The molecule has 12 heteroatoms. The molecule has 1 aromatic carbocycles. The van der Waals surface area contributed by atoms with Crippen LogP contribution < -0.4 is 8.85 Å². The van der Waals surface area contributed by atoms with Crippen molar-refractivity contribution in [3.8, 4) is 11.5 Å². The monoisotopic (exact) mass is 553 g/mol. The molecule has 5 nitrogen and oxygen atoms in total. The number of rotatable bonds is 10. The Hall–Kier alpha value is -1.09. The van der Waals surface area contributed by atoms with Crippen LogP contribution in [0.3, 0.4) is 0 Å². The van der Waals surface area contributed by atoms with E-state index in [-0.39, 0.29) is 6.54 Å². The van der Waals surface area contributed by atoms with Gasteiger partial charge in [-0.2, -0.15) is 13.2 Å². The third kappa shape index (κ3) is 10.7. The van der Waals surface area contributed by atoms with Gasteiger partial charge in [0.2, 0.25) is 16.6 Å². The second-order valence-electron chi connectivity index (χ2n) is 12.4. The van der Waals surface area contributed by atoms with E-state index >= 15 is 0 Å². The predicted molar refractivity (Wildman–Crippen MR) is 143 cm³/mol. The van der Waals surface area contributed by atoms with E-state index in [2.05, 4.69) is 39.3 Å². The fourth-order valence-electron chi connectivity index (χ4n) is 3.17. The fraction of sp³-hybridized carbons (Fsp3) is 0.682. The molecule has 196 valence electrons. The molecule has 0 aromatic heterocycles. The molecule has 0 aliphatic rings. The molecule has 0 fully saturated rings. The molecule has 0 heterocycles. The van der Waals surface area contributed by atoms with Gasteiger partial charge in [-0.25, -0.2) is 0 Å². The zero-order chi connectivity index (χ0) is 26.9. The van der Waals surface area contributed by atoms with E-state index in [9.17, 15) is 18.0 Å². The van der Waals surface area contributed by atoms with Crippen LogP contribution in [-0.2, 0) is 9.22 Å². The van der Waals surface area contributed by atoms with Crippen LogP contribution in [-0.4, -0.2) is 56.4 Å². The Morgan fingerprint density at radius 3 is 1.68 bits per heavy atom. The number of hydrogen-bond donors (Lipinski definition) is 0. The van der Waals surface area contributed by atoms with Crippen molar-refractivity contribution in [2.45, 2.75) is 90.8 Å². The first-order valence-electron chi connectivity index (χ1n) is 11.5. The minimum Gasteiger partial charge on any atom is -0.542 e. The minimum atomic E-state index is -4.94. The second-order valence-corrected chi connectivity index (χ2v) is 30.6. The number of nitrogens with zero attached hydrogens (tertiary/aromatic N) is 1. The van der Waals surface area contributed by atoms with Gasteiger partial charge in [-0.05, 0) is 76.6 Å². The van der Waals surface area contributed by atoms with Gasteiger partial charge in [0.05, 0.1) is 6.10 Å². The lowest BCUT2D eigenvalue weighted by molar-refractivity contribution is -0.181. The summed E-state index contributed by atoms with van der Waals surface area (Å²) < 4.78 is 60.2. The van der Waals surface area contributed by atoms with E-state index in [0.717, 1.165) is 4.57 Å². The number of hydrogen-bond acceptors (Lipinski definition) is 4. The van der Waals surface area contributed by atoms with Gasteiger partial charge in [-0.15, -0.1) is 0 Å². The van der Waals surface area contributed by atoms with Crippen LogP contribution in [0.4, 0.5) is 13.2 Å². The Labute approximate surface area is 207 Å². The zero-order valence-corrected chi connectivity index (χ0v) is 26.7. The first kappa shape index (κ1) is 30.9. The minimum absolute atomic E-state index is 0.168. The highest BCUT2D eigenvalue weighted by Crippen LogP contribution is 2.37. The average molecular weight is 554 g/mol. The largest absolute Gasteiger partial charge is 0.542 e. The van der Waals surface area contributed by atoms with Crippen LogP contribution in [0.25, 0.3) is 0 Å². The average Bonchev–Trinajstić information content (AvgIpc) is 2.54. The zero-order valence-electron chi connectivity index (χ0n) is 22.7. The second kappa shape index (κ2) is 10.5. The molecule has 34 heavy (non-hydrogen) atoms. The lowest BCUT2D eigenvalue weighted by Gasteiger charge is -2.39. The van der Waals surface area contributed by atoms with Crippen molar-refractivity contribution in [1.29, 1.82) is 0 Å². The standard InChI is InChI=1S/C22H42F3NO4Si4/c1-31(2,3)26(21(27)22(23,24)25)16-20(30-34(10,11)12)17-13-14-18(28-32(4,5)6)19(15-17)29-33(7,8)9/h13-15,20H,16H2,1-12H3. The van der Waals surface area contributed by atoms with Crippen molar-refractivity contribution in [3.05, 3.63) is 23.8 Å². The summed E-state index contributed by atoms with van der Waals surface area (Å²) >= 11 is 0. The van der Waals surface area contributed by atoms with Gasteiger partial charge in [0.25, 0.3) is 0 Å². The quantitative estimate of drug-likeness (QED) is 0.287. The molecule has 0 bridgehead atoms. The highest BCUT2D eigenvalue weighted by molar-refractivity contribution is 6.75. The molecular formula is C22H42F3NO4Si4. The van der Waals surface area contributed by atoms with Gasteiger partial charge >= 0.3 is 12.1 Å². The van der Waals surface area contributed by atoms with Crippen molar-refractivity contribution in [2.24, 2.45) is 0 Å². The summed E-state index contributed by atoms with van der Waals surface area (Å²) in [4.78, 5) is 12.4. The Kier molecular flexibility index (Phi) is 9.54. The maximum atomic E-state index is 13.5. The third-order valence-corrected chi connectivity index (χ3v) is 8.97. The Morgan fingerprint density at radius 2 is 1.29 bits per heavy atom. The lowest BCUT2D eigenvalue weighted by Crippen LogP contribution is -2.56. The van der Waals surface area contributed by atoms with Crippen molar-refractivity contribution < 1.29 is 31.2 Å². The molecule has 1 unspecified atom stereocenters. The number of amides is 1. The summed E-state index contributed by atoms with van der Waals surface area (Å²) in [5, 5.41) is 0. The highest BCUT2D eigenvalue weighted by Gasteiger charge is 2.47. The van der Waals surface area contributed by atoms with Crippen molar-refractivity contribution in [1.82, 2.24) is 4.57 Å². The SMILES string of the molecule is C[Si](C)(C)Oc1ccc(C(CN(C(=O)C(F)(F)F)[Si](C)(C)C)O[Si](C)(C)C)cc1O[Si](C)(C)C. The van der Waals surface area contributed by atoms with Gasteiger partial charge in [-0.3, -0.25) is 4.79 Å². The van der Waals surface area contributed by atoms with Gasteiger partial charge in [0.15, 0.2) is 16.6 Å². The van der Waals surface area contributed by atoms with E-state index in [1.807, 2.05) is 37.8 Å². The molecule has 1 rings (SSSR count). The molecule has 1 atom stereocenters. The summed E-state index contributed by atoms with van der Waals surface area (Å²) in [6.07, 6.45) is -5.65. The summed E-state index contributed by atoms with van der Waals surface area (Å²) in [7, 11) is -8.81. The number of carbonyl (C=O) groups excluding carboxylic acids is 1. The smallest absolute Gasteiger partial charge is 0.470 e. The van der Waals surface area contributed by atoms with E-state index in [0.29, 0.717) is 17.1 Å². The third-order valence-electron chi connectivity index (χ3n) is 4.31. The van der Waals surface area contributed by atoms with Crippen LogP contribution in [0.1, 0.15) is 11.7 Å². The van der Waals surface area contributed by atoms with Crippen LogP contribution in [0.2, 0.25) is 78.6 Å². The van der Waals surface area contributed by atoms with Crippen molar-refractivity contribution in [2.75, 3.05) is 6.54 Å². The van der Waals surface area contributed by atoms with Crippen molar-refractivity contribution in [3.63, 3.8) is 0 Å². The molecule has 1 amide bonds. The molecule has 0 aliphatic heterocycles. The van der Waals surface area contributed by atoms with Gasteiger partial charge in [0, 0.05) is 6.54 Å². The molecule has 0 N–H and O–H groups in total. The number of halogens is 3. The molecule has 0 spiro atoms. The summed E-state index contributed by atoms with van der Waals surface area (Å²) in [6, 6.07) is 5.45. The van der Waals surface area contributed by atoms with Crippen LogP contribution >= 0.6 is 0 Å². The van der Waals surface area contributed by atoms with E-state index in [1.54, 1.807) is 19.6 Å². The van der Waals surface area contributed by atoms with Crippen LogP contribution in [0.15, 0.2) is 18.2 Å². The van der Waals surface area contributed by atoms with E-state index in [1.165, 1.54) is 0 Å². The summed E-state index contributed by atoms with van der Waals surface area (Å²) in [5.41, 5.74) is 0.678. The Bertz CT molecular complexity index is 854. The van der Waals surface area contributed by atoms with Crippen molar-refractivity contribution >= 4 is 39.1 Å². The molecule has 0 aliphatic carbocycles. The molecule has 0 saturated heterocycles. The van der Waals surface area contributed by atoms with E-state index in [4.69, 9.17) is 13.3 Å². The molecule has 1 aromatic rings. The van der Waals surface area contributed by atoms with Crippen LogP contribution in [0, 0.1) is 0 Å². The highest BCUT2D eigenvalue weighted by atomic mass is 28.4. The van der Waals surface area contributed by atoms with Gasteiger partial charge < -0.3 is 17.8 Å². The van der Waals surface area contributed by atoms with Gasteiger partial charge in [0.1, 0.15) is 11.5 Å². The van der Waals surface area contributed by atoms with E-state index < -0.39 is 51.4 Å². The summed E-state index contributed by atoms with van der Waals surface area (Å²) in [5.74, 6) is -0.608. The maximum absolute atomic E-state index is 13.5. The first-order chi connectivity index (χ1) is 14.9. The predicted octanol–water partition coefficient (Wildman–Crippen LogP) is 7.23. The topological polar surface area (TPSA) is 48.0 Å². The summed E-state index contributed by atoms with van der Waals surface area (Å²) in [6.45, 7) is 23.4. The molecule has 0 radical (unpaired) electrons. The molecular weight excluding hydrogens is 512 g/mol. The van der Waals surface area contributed by atoms with Gasteiger partial charge in [-0.1, -0.05) is 25.7 Å². The Balaban J connectivity index is 3.59. The number of benzene rings is 1. The maximum Gasteiger partial charge on any atom is 0.470 e. The lowest BCUT2D eigenvalue weighted by atomic mass is 10.1. The fourth-order valence-corrected chi connectivity index (χ4v) is 7.33. The number of carbonyl (C=O) groups is 1. The first-order valence-corrected chi connectivity index (χ1v) is 25.1.